The van der Waals surface area contributed by atoms with E-state index in [-0.39, 0.29) is 25.0 Å². The molecule has 0 radical (unpaired) electrons. The second-order valence-corrected chi connectivity index (χ2v) is 11.4. The Labute approximate surface area is 208 Å². The predicted molar refractivity (Wildman–Crippen MR) is 142 cm³/mol. The second kappa shape index (κ2) is 8.51. The van der Waals surface area contributed by atoms with Crippen molar-refractivity contribution < 1.29 is 9.90 Å². The number of carbonyl (C=O) groups is 1. The van der Waals surface area contributed by atoms with Gasteiger partial charge in [-0.1, -0.05) is 29.9 Å². The van der Waals surface area contributed by atoms with Crippen LogP contribution < -0.4 is 4.90 Å². The number of piperazine rings is 1. The first-order valence-electron chi connectivity index (χ1n) is 13.8. The Morgan fingerprint density at radius 1 is 1.00 bits per heavy atom. The summed E-state index contributed by atoms with van der Waals surface area (Å²) in [6.45, 7) is 2.52. The van der Waals surface area contributed by atoms with Crippen molar-refractivity contribution in [2.45, 2.75) is 69.7 Å². The van der Waals surface area contributed by atoms with Crippen LogP contribution in [0.4, 0.5) is 5.69 Å². The molecule has 3 fully saturated rings. The molecular weight excluding hydrogens is 432 g/mol. The van der Waals surface area contributed by atoms with E-state index in [1.807, 2.05) is 0 Å². The summed E-state index contributed by atoms with van der Waals surface area (Å²) < 4.78 is 0. The minimum Gasteiger partial charge on any atom is -0.396 e. The van der Waals surface area contributed by atoms with E-state index >= 15 is 0 Å². The van der Waals surface area contributed by atoms with Crippen LogP contribution in [0.5, 0.6) is 0 Å². The molecule has 2 aromatic carbocycles. The van der Waals surface area contributed by atoms with Gasteiger partial charge < -0.3 is 14.9 Å². The van der Waals surface area contributed by atoms with Gasteiger partial charge in [0, 0.05) is 31.7 Å². The van der Waals surface area contributed by atoms with Crippen molar-refractivity contribution in [3.63, 3.8) is 0 Å². The quantitative estimate of drug-likeness (QED) is 0.623. The monoisotopic (exact) mass is 468 g/mol. The van der Waals surface area contributed by atoms with Gasteiger partial charge in [-0.25, -0.2) is 0 Å². The van der Waals surface area contributed by atoms with E-state index in [0.29, 0.717) is 11.8 Å². The van der Waals surface area contributed by atoms with Crippen molar-refractivity contribution in [1.82, 2.24) is 4.90 Å². The first kappa shape index (κ1) is 21.7. The first-order valence-corrected chi connectivity index (χ1v) is 13.8. The summed E-state index contributed by atoms with van der Waals surface area (Å²) in [6.07, 6.45) is 14.8. The van der Waals surface area contributed by atoms with E-state index in [4.69, 9.17) is 0 Å². The van der Waals surface area contributed by atoms with Crippen LogP contribution in [0.15, 0.2) is 42.0 Å². The number of hydrogen-bond acceptors (Lipinski definition) is 3. The number of aliphatic hydroxyl groups excluding tert-OH is 1. The van der Waals surface area contributed by atoms with Gasteiger partial charge >= 0.3 is 0 Å². The van der Waals surface area contributed by atoms with Crippen LogP contribution >= 0.6 is 0 Å². The largest absolute Gasteiger partial charge is 0.396 e. The number of rotatable bonds is 5. The maximum absolute atomic E-state index is 12.7. The molecule has 5 aliphatic rings. The third-order valence-electron chi connectivity index (χ3n) is 9.12. The summed E-state index contributed by atoms with van der Waals surface area (Å²) in [4.78, 5) is 17.4. The smallest absolute Gasteiger partial charge is 0.225 e. The Hall–Kier alpha value is -2.59. The molecule has 1 aliphatic heterocycles. The Morgan fingerprint density at radius 2 is 1.89 bits per heavy atom. The highest BCUT2D eigenvalue weighted by Gasteiger charge is 2.41. The molecule has 0 spiro atoms. The number of carbonyl (C=O) groups excluding carboxylic acids is 1. The van der Waals surface area contributed by atoms with Crippen molar-refractivity contribution in [1.29, 1.82) is 0 Å². The Bertz CT molecular complexity index is 1250. The minimum atomic E-state index is -0.0513. The van der Waals surface area contributed by atoms with E-state index in [9.17, 15) is 9.90 Å². The molecule has 2 saturated carbocycles. The van der Waals surface area contributed by atoms with Crippen LogP contribution in [0.1, 0.15) is 74.0 Å². The highest BCUT2D eigenvalue weighted by atomic mass is 16.3. The van der Waals surface area contributed by atoms with Gasteiger partial charge in [-0.3, -0.25) is 4.79 Å². The fourth-order valence-electron chi connectivity index (χ4n) is 6.95. The Balaban J connectivity index is 1.29. The summed E-state index contributed by atoms with van der Waals surface area (Å²) in [5.41, 5.74) is 9.04. The molecule has 0 unspecified atom stereocenters. The van der Waals surface area contributed by atoms with Crippen LogP contribution in [0.3, 0.4) is 0 Å². The number of fused-ring (bicyclic) bond motifs is 4. The molecule has 1 saturated heterocycles. The van der Waals surface area contributed by atoms with Gasteiger partial charge in [0.05, 0.1) is 12.6 Å². The summed E-state index contributed by atoms with van der Waals surface area (Å²) in [6, 6.07) is 10.1. The molecule has 35 heavy (non-hydrogen) atoms. The topological polar surface area (TPSA) is 43.8 Å². The SMILES string of the molecule is O=C(CCO)N1CCN(c2cc(C3CC3)c3ccc4c(c3c2)CCC2=C4C=CCC2)C[C@H]1C1CC1. The maximum atomic E-state index is 12.7. The number of aliphatic hydroxyl groups is 1. The van der Waals surface area contributed by atoms with Gasteiger partial charge in [-0.15, -0.1) is 0 Å². The van der Waals surface area contributed by atoms with Gasteiger partial charge in [0.15, 0.2) is 0 Å². The number of benzene rings is 2. The summed E-state index contributed by atoms with van der Waals surface area (Å²) >= 11 is 0. The number of hydrogen-bond donors (Lipinski definition) is 1. The lowest BCUT2D eigenvalue weighted by Crippen LogP contribution is -2.56. The lowest BCUT2D eigenvalue weighted by molar-refractivity contribution is -0.135. The van der Waals surface area contributed by atoms with Crippen LogP contribution in [-0.2, 0) is 11.2 Å². The molecule has 0 bridgehead atoms. The molecule has 1 atom stereocenters. The molecule has 182 valence electrons. The summed E-state index contributed by atoms with van der Waals surface area (Å²) in [5.74, 6) is 1.45. The standard InChI is InChI=1S/C31H36N2O2/c34-16-13-31(35)33-15-14-32(19-30(33)22-7-8-22)23-17-28(21-5-6-21)27-12-11-25-24-4-2-1-3-20(24)9-10-26(25)29(27)18-23/h2,4,11-12,17-18,21-22,30,34H,1,3,5-10,13-16,19H2/t30-/m0/s1. The zero-order chi connectivity index (χ0) is 23.5. The number of nitrogens with zero attached hydrogens (tertiary/aromatic N) is 2. The average Bonchev–Trinajstić information content (AvgIpc) is 3.81. The van der Waals surface area contributed by atoms with Crippen LogP contribution in [0.2, 0.25) is 0 Å². The number of amides is 1. The van der Waals surface area contributed by atoms with E-state index in [0.717, 1.165) is 26.1 Å². The van der Waals surface area contributed by atoms with E-state index in [2.05, 4.69) is 46.2 Å². The zero-order valence-electron chi connectivity index (χ0n) is 20.6. The molecule has 1 amide bonds. The van der Waals surface area contributed by atoms with Crippen LogP contribution in [0, 0.1) is 5.92 Å². The van der Waals surface area contributed by atoms with E-state index in [1.165, 1.54) is 72.5 Å². The summed E-state index contributed by atoms with van der Waals surface area (Å²) in [7, 11) is 0. The van der Waals surface area contributed by atoms with Crippen molar-refractivity contribution in [2.24, 2.45) is 5.92 Å². The van der Waals surface area contributed by atoms with Crippen molar-refractivity contribution >= 4 is 27.9 Å². The summed E-state index contributed by atoms with van der Waals surface area (Å²) in [5, 5.41) is 12.3. The van der Waals surface area contributed by atoms with Gasteiger partial charge in [0.25, 0.3) is 0 Å². The average molecular weight is 469 g/mol. The molecule has 1 heterocycles. The lowest BCUT2D eigenvalue weighted by atomic mass is 9.79. The fraction of sp³-hybridized carbons (Fsp3) is 0.516. The van der Waals surface area contributed by atoms with Crippen molar-refractivity contribution in [2.75, 3.05) is 31.1 Å². The molecule has 2 aromatic rings. The van der Waals surface area contributed by atoms with Gasteiger partial charge in [-0.2, -0.15) is 0 Å². The van der Waals surface area contributed by atoms with Gasteiger partial charge in [0.1, 0.15) is 0 Å². The van der Waals surface area contributed by atoms with Crippen LogP contribution in [-0.4, -0.2) is 48.2 Å². The molecule has 4 heteroatoms. The molecule has 7 rings (SSSR count). The predicted octanol–water partition coefficient (Wildman–Crippen LogP) is 5.58. The van der Waals surface area contributed by atoms with Crippen molar-refractivity contribution in [3.8, 4) is 0 Å². The highest BCUT2D eigenvalue weighted by molar-refractivity contribution is 5.98. The third-order valence-corrected chi connectivity index (χ3v) is 9.12. The molecule has 4 nitrogen and oxygen atoms in total. The first-order chi connectivity index (χ1) is 17.2. The minimum absolute atomic E-state index is 0.0513. The number of anilines is 1. The van der Waals surface area contributed by atoms with E-state index in [1.54, 1.807) is 16.7 Å². The van der Waals surface area contributed by atoms with Gasteiger partial charge in [-0.05, 0) is 108 Å². The highest BCUT2D eigenvalue weighted by Crippen LogP contribution is 2.48. The van der Waals surface area contributed by atoms with Crippen LogP contribution in [0.25, 0.3) is 16.3 Å². The third kappa shape index (κ3) is 3.81. The Kier molecular flexibility index (Phi) is 5.27. The zero-order valence-corrected chi connectivity index (χ0v) is 20.6. The molecular formula is C31H36N2O2. The van der Waals surface area contributed by atoms with E-state index < -0.39 is 0 Å². The van der Waals surface area contributed by atoms with Gasteiger partial charge in [0.2, 0.25) is 5.91 Å². The second-order valence-electron chi connectivity index (χ2n) is 11.4. The van der Waals surface area contributed by atoms with Crippen molar-refractivity contribution in [3.05, 3.63) is 58.7 Å². The maximum Gasteiger partial charge on any atom is 0.225 e. The normalized spacial score (nSPS) is 24.1. The number of aryl methyl sites for hydroxylation is 1. The lowest BCUT2D eigenvalue weighted by Gasteiger charge is -2.43. The molecule has 1 N–H and O–H groups in total. The fourth-order valence-corrected chi connectivity index (χ4v) is 6.95. The molecule has 4 aliphatic carbocycles. The molecule has 0 aromatic heterocycles. The Morgan fingerprint density at radius 3 is 2.69 bits per heavy atom. The number of allylic oxidation sites excluding steroid dienone is 4.